The standard InChI is InChI=1S/C18H21N3O4/c1-12(22)25-18(14-6-9-16(23-2)17(10-14)24-3)21-15-7-4-13(5-8-15)11-20-19/h4-11,18,21H,19H2,1-3H3. The van der Waals surface area contributed by atoms with Crippen molar-refractivity contribution in [2.24, 2.45) is 10.9 Å². The molecule has 0 saturated carbocycles. The molecule has 0 bridgehead atoms. The Hall–Kier alpha value is -3.22. The maximum absolute atomic E-state index is 11.5. The van der Waals surface area contributed by atoms with Gasteiger partial charge in [0.2, 0.25) is 0 Å². The van der Waals surface area contributed by atoms with Crippen molar-refractivity contribution in [1.82, 2.24) is 0 Å². The van der Waals surface area contributed by atoms with Crippen LogP contribution in [-0.4, -0.2) is 26.4 Å². The Labute approximate surface area is 146 Å². The second-order valence-electron chi connectivity index (χ2n) is 5.15. The first kappa shape index (κ1) is 18.1. The van der Waals surface area contributed by atoms with Crippen molar-refractivity contribution in [3.63, 3.8) is 0 Å². The zero-order chi connectivity index (χ0) is 18.2. The van der Waals surface area contributed by atoms with E-state index in [9.17, 15) is 4.79 Å². The Morgan fingerprint density at radius 3 is 2.36 bits per heavy atom. The third-order valence-electron chi connectivity index (χ3n) is 3.43. The first-order valence-corrected chi connectivity index (χ1v) is 7.56. The van der Waals surface area contributed by atoms with Crippen LogP contribution in [0.15, 0.2) is 47.6 Å². The molecule has 7 nitrogen and oxygen atoms in total. The highest BCUT2D eigenvalue weighted by molar-refractivity contribution is 5.80. The smallest absolute Gasteiger partial charge is 0.304 e. The number of esters is 1. The van der Waals surface area contributed by atoms with E-state index in [4.69, 9.17) is 20.1 Å². The zero-order valence-electron chi connectivity index (χ0n) is 14.4. The van der Waals surface area contributed by atoms with Gasteiger partial charge in [0.25, 0.3) is 0 Å². The SMILES string of the molecule is COc1ccc(C(Nc2ccc(C=NN)cc2)OC(C)=O)cc1OC. The molecule has 0 aliphatic rings. The molecular weight excluding hydrogens is 322 g/mol. The van der Waals surface area contributed by atoms with Crippen molar-refractivity contribution in [3.8, 4) is 11.5 Å². The number of hydrazone groups is 1. The van der Waals surface area contributed by atoms with E-state index in [1.54, 1.807) is 38.6 Å². The van der Waals surface area contributed by atoms with Crippen molar-refractivity contribution in [2.45, 2.75) is 13.2 Å². The highest BCUT2D eigenvalue weighted by Crippen LogP contribution is 2.31. The van der Waals surface area contributed by atoms with Crippen LogP contribution in [0.3, 0.4) is 0 Å². The van der Waals surface area contributed by atoms with Crippen molar-refractivity contribution < 1.29 is 19.0 Å². The summed E-state index contributed by atoms with van der Waals surface area (Å²) in [4.78, 5) is 11.5. The normalized spacial score (nSPS) is 11.8. The van der Waals surface area contributed by atoms with E-state index in [1.165, 1.54) is 6.92 Å². The third-order valence-corrected chi connectivity index (χ3v) is 3.43. The summed E-state index contributed by atoms with van der Waals surface area (Å²) in [6, 6.07) is 12.7. The number of rotatable bonds is 7. The van der Waals surface area contributed by atoms with Crippen LogP contribution in [0.4, 0.5) is 5.69 Å². The minimum absolute atomic E-state index is 0.404. The Morgan fingerprint density at radius 2 is 1.80 bits per heavy atom. The van der Waals surface area contributed by atoms with Crippen molar-refractivity contribution in [2.75, 3.05) is 19.5 Å². The van der Waals surface area contributed by atoms with Crippen molar-refractivity contribution in [1.29, 1.82) is 0 Å². The van der Waals surface area contributed by atoms with E-state index in [0.29, 0.717) is 11.5 Å². The summed E-state index contributed by atoms with van der Waals surface area (Å²) in [6.07, 6.45) is 0.869. The minimum Gasteiger partial charge on any atom is -0.493 e. The van der Waals surface area contributed by atoms with Gasteiger partial charge in [-0.3, -0.25) is 4.79 Å². The van der Waals surface area contributed by atoms with Crippen molar-refractivity contribution >= 4 is 17.9 Å². The molecule has 0 radical (unpaired) electrons. The molecule has 132 valence electrons. The maximum atomic E-state index is 11.5. The fourth-order valence-corrected chi connectivity index (χ4v) is 2.27. The minimum atomic E-state index is -0.675. The fourth-order valence-electron chi connectivity index (χ4n) is 2.27. The lowest BCUT2D eigenvalue weighted by Gasteiger charge is -2.21. The molecule has 0 aromatic heterocycles. The van der Waals surface area contributed by atoms with E-state index in [0.717, 1.165) is 16.8 Å². The second kappa shape index (κ2) is 8.58. The average Bonchev–Trinajstić information content (AvgIpc) is 2.62. The van der Waals surface area contributed by atoms with Gasteiger partial charge in [-0.2, -0.15) is 5.10 Å². The molecular formula is C18H21N3O4. The lowest BCUT2D eigenvalue weighted by Crippen LogP contribution is -2.17. The quantitative estimate of drug-likeness (QED) is 0.264. The van der Waals surface area contributed by atoms with Gasteiger partial charge in [-0.15, -0.1) is 0 Å². The molecule has 2 aromatic carbocycles. The van der Waals surface area contributed by atoms with Crippen LogP contribution in [0.25, 0.3) is 0 Å². The molecule has 0 aliphatic heterocycles. The summed E-state index contributed by atoms with van der Waals surface area (Å²) in [5.41, 5.74) is 2.36. The lowest BCUT2D eigenvalue weighted by molar-refractivity contribution is -0.145. The molecule has 0 spiro atoms. The van der Waals surface area contributed by atoms with Crippen LogP contribution >= 0.6 is 0 Å². The van der Waals surface area contributed by atoms with Crippen LogP contribution in [0, 0.1) is 0 Å². The molecule has 2 aromatic rings. The number of hydrogen-bond acceptors (Lipinski definition) is 7. The molecule has 1 atom stereocenters. The molecule has 1 unspecified atom stereocenters. The Balaban J connectivity index is 2.28. The highest BCUT2D eigenvalue weighted by Gasteiger charge is 2.17. The van der Waals surface area contributed by atoms with Gasteiger partial charge in [-0.1, -0.05) is 12.1 Å². The van der Waals surface area contributed by atoms with Crippen LogP contribution < -0.4 is 20.6 Å². The summed E-state index contributed by atoms with van der Waals surface area (Å²) >= 11 is 0. The van der Waals surface area contributed by atoms with E-state index in [-0.39, 0.29) is 0 Å². The molecule has 25 heavy (non-hydrogen) atoms. The van der Waals surface area contributed by atoms with E-state index >= 15 is 0 Å². The molecule has 0 aliphatic carbocycles. The largest absolute Gasteiger partial charge is 0.493 e. The molecule has 0 fully saturated rings. The van der Waals surface area contributed by atoms with Gasteiger partial charge >= 0.3 is 5.97 Å². The maximum Gasteiger partial charge on any atom is 0.304 e. The van der Waals surface area contributed by atoms with E-state index in [2.05, 4.69) is 10.4 Å². The number of benzene rings is 2. The van der Waals surface area contributed by atoms with Gasteiger partial charge in [0.1, 0.15) is 0 Å². The van der Waals surface area contributed by atoms with Crippen molar-refractivity contribution in [3.05, 3.63) is 53.6 Å². The first-order valence-electron chi connectivity index (χ1n) is 7.56. The Bertz CT molecular complexity index is 744. The van der Waals surface area contributed by atoms with E-state index < -0.39 is 12.2 Å². The predicted octanol–water partition coefficient (Wildman–Crippen LogP) is 2.67. The lowest BCUT2D eigenvalue weighted by atomic mass is 10.1. The Morgan fingerprint density at radius 1 is 1.12 bits per heavy atom. The van der Waals surface area contributed by atoms with Gasteiger partial charge in [-0.05, 0) is 35.9 Å². The van der Waals surface area contributed by atoms with Gasteiger partial charge in [-0.25, -0.2) is 0 Å². The molecule has 2 rings (SSSR count). The van der Waals surface area contributed by atoms with Gasteiger partial charge in [0, 0.05) is 18.2 Å². The molecule has 0 amide bonds. The number of nitrogens with zero attached hydrogens (tertiary/aromatic N) is 1. The number of nitrogens with one attached hydrogen (secondary N) is 1. The predicted molar refractivity (Wildman–Crippen MR) is 95.9 cm³/mol. The molecule has 0 saturated heterocycles. The molecule has 3 N–H and O–H groups in total. The number of anilines is 1. The number of carbonyl (C=O) groups excluding carboxylic acids is 1. The van der Waals surface area contributed by atoms with Crippen LogP contribution in [-0.2, 0) is 9.53 Å². The average molecular weight is 343 g/mol. The number of hydrogen-bond donors (Lipinski definition) is 2. The number of ether oxygens (including phenoxy) is 3. The number of methoxy groups -OCH3 is 2. The summed E-state index contributed by atoms with van der Waals surface area (Å²) in [6.45, 7) is 1.36. The summed E-state index contributed by atoms with van der Waals surface area (Å²) in [7, 11) is 3.11. The topological polar surface area (TPSA) is 95.2 Å². The summed E-state index contributed by atoms with van der Waals surface area (Å²) in [5.74, 6) is 5.88. The van der Waals surface area contributed by atoms with E-state index in [1.807, 2.05) is 24.3 Å². The number of nitrogens with two attached hydrogens (primary N) is 1. The summed E-state index contributed by atoms with van der Waals surface area (Å²) < 4.78 is 15.9. The molecule has 0 heterocycles. The summed E-state index contributed by atoms with van der Waals surface area (Å²) in [5, 5.41) is 6.65. The van der Waals surface area contributed by atoms with Crippen LogP contribution in [0.2, 0.25) is 0 Å². The zero-order valence-corrected chi connectivity index (χ0v) is 14.4. The third kappa shape index (κ3) is 4.87. The monoisotopic (exact) mass is 343 g/mol. The fraction of sp³-hybridized carbons (Fsp3) is 0.222. The Kier molecular flexibility index (Phi) is 6.22. The van der Waals surface area contributed by atoms with Crippen LogP contribution in [0.1, 0.15) is 24.3 Å². The second-order valence-corrected chi connectivity index (χ2v) is 5.15. The first-order chi connectivity index (χ1) is 12.1. The molecule has 7 heteroatoms. The van der Waals surface area contributed by atoms with Crippen LogP contribution in [0.5, 0.6) is 11.5 Å². The van der Waals surface area contributed by atoms with Gasteiger partial charge in [0.05, 0.1) is 20.4 Å². The highest BCUT2D eigenvalue weighted by atomic mass is 16.6. The number of carbonyl (C=O) groups is 1. The van der Waals surface area contributed by atoms with Gasteiger partial charge in [0.15, 0.2) is 17.7 Å². The van der Waals surface area contributed by atoms with Gasteiger partial charge < -0.3 is 25.4 Å².